The van der Waals surface area contributed by atoms with Gasteiger partial charge in [-0.3, -0.25) is 4.79 Å². The first-order valence-corrected chi connectivity index (χ1v) is 4.35. The van der Waals surface area contributed by atoms with Gasteiger partial charge in [-0.1, -0.05) is 0 Å². The van der Waals surface area contributed by atoms with Gasteiger partial charge in [-0.05, 0) is 19.8 Å². The van der Waals surface area contributed by atoms with Crippen LogP contribution in [0.1, 0.15) is 19.8 Å². The average Bonchev–Trinajstić information content (AvgIpc) is 2.53. The molecule has 4 heteroatoms. The number of rotatable bonds is 2. The van der Waals surface area contributed by atoms with Gasteiger partial charge in [0.25, 0.3) is 0 Å². The van der Waals surface area contributed by atoms with Crippen LogP contribution in [0.4, 0.5) is 0 Å². The second kappa shape index (κ2) is 3.87. The van der Waals surface area contributed by atoms with E-state index >= 15 is 0 Å². The molecule has 1 heterocycles. The molecule has 70 valence electrons. The predicted octanol–water partition coefficient (Wildman–Crippen LogP) is -0.683. The summed E-state index contributed by atoms with van der Waals surface area (Å²) in [5, 5.41) is 9.08. The molecule has 0 aromatic heterocycles. The minimum atomic E-state index is -0.752. The summed E-state index contributed by atoms with van der Waals surface area (Å²) >= 11 is 0. The third-order valence-electron chi connectivity index (χ3n) is 2.22. The van der Waals surface area contributed by atoms with Gasteiger partial charge in [0.15, 0.2) is 0 Å². The highest BCUT2D eigenvalue weighted by molar-refractivity contribution is 5.82. The maximum absolute atomic E-state index is 11.4. The predicted molar refractivity (Wildman–Crippen MR) is 45.5 cm³/mol. The molecular formula is C8H16N2O2. The zero-order valence-corrected chi connectivity index (χ0v) is 7.36. The first kappa shape index (κ1) is 9.48. The minimum Gasteiger partial charge on any atom is -0.391 e. The topological polar surface area (TPSA) is 66.6 Å². The van der Waals surface area contributed by atoms with Crippen LogP contribution in [0.5, 0.6) is 0 Å². The van der Waals surface area contributed by atoms with Crippen molar-refractivity contribution >= 4 is 5.91 Å². The van der Waals surface area contributed by atoms with Gasteiger partial charge in [-0.25, -0.2) is 0 Å². The van der Waals surface area contributed by atoms with E-state index in [1.165, 1.54) is 0 Å². The number of amides is 1. The van der Waals surface area contributed by atoms with Crippen LogP contribution in [0, 0.1) is 0 Å². The lowest BCUT2D eigenvalue weighted by Crippen LogP contribution is -2.48. The Bertz CT molecular complexity index is 160. The number of likely N-dealkylation sites (tertiary alicyclic amines) is 1. The number of carbonyl (C=O) groups is 1. The first-order valence-electron chi connectivity index (χ1n) is 4.35. The van der Waals surface area contributed by atoms with Crippen LogP contribution in [0.2, 0.25) is 0 Å². The van der Waals surface area contributed by atoms with Crippen LogP contribution in [0.3, 0.4) is 0 Å². The van der Waals surface area contributed by atoms with E-state index in [9.17, 15) is 4.79 Å². The van der Waals surface area contributed by atoms with E-state index < -0.39 is 12.1 Å². The van der Waals surface area contributed by atoms with E-state index in [1.54, 1.807) is 11.8 Å². The molecule has 1 aliphatic rings. The molecular weight excluding hydrogens is 156 g/mol. The van der Waals surface area contributed by atoms with Crippen molar-refractivity contribution in [2.75, 3.05) is 13.1 Å². The zero-order valence-electron chi connectivity index (χ0n) is 7.36. The lowest BCUT2D eigenvalue weighted by Gasteiger charge is -2.21. The van der Waals surface area contributed by atoms with Gasteiger partial charge in [-0.15, -0.1) is 0 Å². The quantitative estimate of drug-likeness (QED) is 0.580. The highest BCUT2D eigenvalue weighted by Crippen LogP contribution is 2.09. The minimum absolute atomic E-state index is 0.123. The van der Waals surface area contributed by atoms with Crippen molar-refractivity contribution < 1.29 is 9.90 Å². The molecule has 0 spiro atoms. The first-order chi connectivity index (χ1) is 5.63. The maximum atomic E-state index is 11.4. The van der Waals surface area contributed by atoms with Crippen molar-refractivity contribution in [1.82, 2.24) is 4.90 Å². The Labute approximate surface area is 72.3 Å². The summed E-state index contributed by atoms with van der Waals surface area (Å²) in [7, 11) is 0. The van der Waals surface area contributed by atoms with Gasteiger partial charge in [0, 0.05) is 13.1 Å². The van der Waals surface area contributed by atoms with Gasteiger partial charge in [0.1, 0.15) is 6.04 Å². The summed E-state index contributed by atoms with van der Waals surface area (Å²) in [6, 6.07) is -0.747. The Morgan fingerprint density at radius 1 is 1.50 bits per heavy atom. The Morgan fingerprint density at radius 3 is 2.42 bits per heavy atom. The molecule has 12 heavy (non-hydrogen) atoms. The molecule has 0 bridgehead atoms. The van der Waals surface area contributed by atoms with Crippen molar-refractivity contribution in [3.8, 4) is 0 Å². The second-order valence-electron chi connectivity index (χ2n) is 3.30. The lowest BCUT2D eigenvalue weighted by molar-refractivity contribution is -0.133. The van der Waals surface area contributed by atoms with Crippen LogP contribution in [0.15, 0.2) is 0 Å². The molecule has 1 saturated heterocycles. The smallest absolute Gasteiger partial charge is 0.242 e. The number of hydrogen-bond donors (Lipinski definition) is 2. The Hall–Kier alpha value is -0.610. The summed E-state index contributed by atoms with van der Waals surface area (Å²) in [5.41, 5.74) is 5.50. The molecule has 0 aromatic rings. The van der Waals surface area contributed by atoms with E-state index in [0.717, 1.165) is 25.9 Å². The lowest BCUT2D eigenvalue weighted by atomic mass is 10.2. The van der Waals surface area contributed by atoms with Crippen LogP contribution >= 0.6 is 0 Å². The van der Waals surface area contributed by atoms with Crippen molar-refractivity contribution in [2.45, 2.75) is 31.9 Å². The standard InChI is InChI=1S/C8H16N2O2/c1-6(11)7(9)8(12)10-4-2-3-5-10/h6-7,11H,2-5,9H2,1H3. The monoisotopic (exact) mass is 172 g/mol. The maximum Gasteiger partial charge on any atom is 0.242 e. The van der Waals surface area contributed by atoms with Gasteiger partial charge >= 0.3 is 0 Å². The Kier molecular flexibility index (Phi) is 3.05. The molecule has 0 aliphatic carbocycles. The van der Waals surface area contributed by atoms with Crippen LogP contribution in [-0.4, -0.2) is 41.1 Å². The molecule has 2 atom stereocenters. The van der Waals surface area contributed by atoms with Crippen molar-refractivity contribution in [2.24, 2.45) is 5.73 Å². The third kappa shape index (κ3) is 1.95. The number of aliphatic hydroxyl groups excluding tert-OH is 1. The molecule has 1 aliphatic heterocycles. The van der Waals surface area contributed by atoms with E-state index in [0.29, 0.717) is 0 Å². The fraction of sp³-hybridized carbons (Fsp3) is 0.875. The molecule has 0 radical (unpaired) electrons. The molecule has 0 saturated carbocycles. The molecule has 1 amide bonds. The summed E-state index contributed by atoms with van der Waals surface area (Å²) in [4.78, 5) is 13.1. The molecule has 3 N–H and O–H groups in total. The largest absolute Gasteiger partial charge is 0.391 e. The van der Waals surface area contributed by atoms with Gasteiger partial charge in [0.05, 0.1) is 6.10 Å². The van der Waals surface area contributed by atoms with Crippen LogP contribution in [0.25, 0.3) is 0 Å². The number of hydrogen-bond acceptors (Lipinski definition) is 3. The summed E-state index contributed by atoms with van der Waals surface area (Å²) in [6.07, 6.45) is 1.36. The molecule has 4 nitrogen and oxygen atoms in total. The Balaban J connectivity index is 2.45. The Morgan fingerprint density at radius 2 is 2.00 bits per heavy atom. The number of nitrogens with zero attached hydrogens (tertiary/aromatic N) is 1. The van der Waals surface area contributed by atoms with Crippen molar-refractivity contribution in [3.63, 3.8) is 0 Å². The van der Waals surface area contributed by atoms with Gasteiger partial charge < -0.3 is 15.7 Å². The summed E-state index contributed by atoms with van der Waals surface area (Å²) < 4.78 is 0. The highest BCUT2D eigenvalue weighted by atomic mass is 16.3. The normalized spacial score (nSPS) is 22.4. The van der Waals surface area contributed by atoms with Gasteiger partial charge in [-0.2, -0.15) is 0 Å². The third-order valence-corrected chi connectivity index (χ3v) is 2.22. The highest BCUT2D eigenvalue weighted by Gasteiger charge is 2.26. The summed E-state index contributed by atoms with van der Waals surface area (Å²) in [5.74, 6) is -0.123. The van der Waals surface area contributed by atoms with E-state index in [2.05, 4.69) is 0 Å². The van der Waals surface area contributed by atoms with E-state index in [-0.39, 0.29) is 5.91 Å². The fourth-order valence-electron chi connectivity index (χ4n) is 1.35. The van der Waals surface area contributed by atoms with Crippen molar-refractivity contribution in [3.05, 3.63) is 0 Å². The fourth-order valence-corrected chi connectivity index (χ4v) is 1.35. The summed E-state index contributed by atoms with van der Waals surface area (Å²) in [6.45, 7) is 3.12. The average molecular weight is 172 g/mol. The van der Waals surface area contributed by atoms with Crippen molar-refractivity contribution in [1.29, 1.82) is 0 Å². The molecule has 0 aromatic carbocycles. The van der Waals surface area contributed by atoms with E-state index in [1.807, 2.05) is 0 Å². The molecule has 1 fully saturated rings. The second-order valence-corrected chi connectivity index (χ2v) is 3.30. The number of aliphatic hydroxyl groups is 1. The van der Waals surface area contributed by atoms with Crippen LogP contribution in [-0.2, 0) is 4.79 Å². The van der Waals surface area contributed by atoms with Gasteiger partial charge in [0.2, 0.25) is 5.91 Å². The van der Waals surface area contributed by atoms with Crippen LogP contribution < -0.4 is 5.73 Å². The zero-order chi connectivity index (χ0) is 9.14. The SMILES string of the molecule is CC(O)C(N)C(=O)N1CCCC1. The number of nitrogens with two attached hydrogens (primary N) is 1. The number of carbonyl (C=O) groups excluding carboxylic acids is 1. The molecule has 2 unspecified atom stereocenters. The van der Waals surface area contributed by atoms with E-state index in [4.69, 9.17) is 10.8 Å². The molecule has 1 rings (SSSR count).